The third-order valence-electron chi connectivity index (χ3n) is 11.0. The molecule has 5 atom stereocenters. The zero-order valence-corrected chi connectivity index (χ0v) is 39.7. The Balaban J connectivity index is 2.20. The summed E-state index contributed by atoms with van der Waals surface area (Å²) in [6.07, 6.45) is 2.05. The molecule has 0 aliphatic heterocycles. The number of benzene rings is 2. The number of likely N-dealkylation sites (N-methyl/N-ethyl adjacent to an activating group) is 2. The number of hydrogen-bond donors (Lipinski definition) is 8. The quantitative estimate of drug-likeness (QED) is 0.0633. The van der Waals surface area contributed by atoms with Crippen molar-refractivity contribution in [3.8, 4) is 0 Å². The van der Waals surface area contributed by atoms with Gasteiger partial charge in [0.05, 0.1) is 23.0 Å². The Morgan fingerprint density at radius 1 is 0.794 bits per heavy atom. The van der Waals surface area contributed by atoms with Crippen LogP contribution in [0.2, 0.25) is 0 Å². The maximum absolute atomic E-state index is 14.3. The van der Waals surface area contributed by atoms with E-state index in [4.69, 9.17) is 11.5 Å². The average molecular weight is 898 g/mol. The molecule has 7 amide bonds. The van der Waals surface area contributed by atoms with Gasteiger partial charge in [0, 0.05) is 31.1 Å². The number of amides is 7. The standard InChI is InChI=1S/C45H71N9O8S/c1-27(2)34(54(12)42(59)37(44(6,7)8)52-41(58)36(48-11)45(9,10)31-17-14-13-15-18-31)25-29(5)38(55)53-63(61,62)32-22-20-30(21-23-32)26-50-39(56)33(19-16-24-49-43(47)60)51-40(57)35(46)28(3)4/h13-15,17-18,20-23,25,27-28,33-37,48H,16,19,24,26,46H2,1-12H3,(H,50,56)(H,51,57)(H,52,58)(H,53,55)(H3,47,49,60)/b29-25+/t33-,34+,35?,36+,37?/m0/s1. The van der Waals surface area contributed by atoms with Crippen molar-refractivity contribution in [2.24, 2.45) is 28.7 Å². The van der Waals surface area contributed by atoms with Crippen LogP contribution < -0.4 is 42.8 Å². The van der Waals surface area contributed by atoms with Crippen molar-refractivity contribution in [1.82, 2.24) is 36.2 Å². The first-order chi connectivity index (χ1) is 29.1. The van der Waals surface area contributed by atoms with Gasteiger partial charge in [-0.2, -0.15) is 0 Å². The van der Waals surface area contributed by atoms with E-state index in [1.165, 1.54) is 42.2 Å². The highest BCUT2D eigenvalue weighted by Gasteiger charge is 2.42. The molecule has 10 N–H and O–H groups in total. The minimum atomic E-state index is -4.36. The minimum absolute atomic E-state index is 0.0141. The summed E-state index contributed by atoms with van der Waals surface area (Å²) < 4.78 is 28.8. The van der Waals surface area contributed by atoms with Crippen molar-refractivity contribution in [2.45, 2.75) is 129 Å². The van der Waals surface area contributed by atoms with E-state index >= 15 is 0 Å². The van der Waals surface area contributed by atoms with Crippen molar-refractivity contribution in [2.75, 3.05) is 20.6 Å². The molecule has 0 saturated heterocycles. The summed E-state index contributed by atoms with van der Waals surface area (Å²) >= 11 is 0. The smallest absolute Gasteiger partial charge is 0.312 e. The van der Waals surface area contributed by atoms with Crippen LogP contribution in [-0.2, 0) is 46.0 Å². The predicted octanol–water partition coefficient (Wildman–Crippen LogP) is 2.55. The molecule has 17 nitrogen and oxygen atoms in total. The number of nitrogens with zero attached hydrogens (tertiary/aromatic N) is 1. The van der Waals surface area contributed by atoms with Crippen molar-refractivity contribution in [1.29, 1.82) is 0 Å². The first-order valence-corrected chi connectivity index (χ1v) is 22.6. The molecule has 63 heavy (non-hydrogen) atoms. The van der Waals surface area contributed by atoms with Crippen molar-refractivity contribution >= 4 is 45.6 Å². The molecule has 0 heterocycles. The first kappa shape index (κ1) is 53.8. The Kier molecular flexibility index (Phi) is 20.0. The van der Waals surface area contributed by atoms with Gasteiger partial charge in [-0.3, -0.25) is 24.0 Å². The molecule has 2 aromatic carbocycles. The summed E-state index contributed by atoms with van der Waals surface area (Å²) in [6, 6.07) is 10.3. The average Bonchev–Trinajstić information content (AvgIpc) is 3.20. The Bertz CT molecular complexity index is 2030. The second-order valence-electron chi connectivity index (χ2n) is 18.2. The fourth-order valence-corrected chi connectivity index (χ4v) is 7.90. The number of primary amides is 1. The van der Waals surface area contributed by atoms with Crippen LogP contribution in [0.15, 0.2) is 71.1 Å². The summed E-state index contributed by atoms with van der Waals surface area (Å²) in [5.41, 5.74) is 11.3. The SMILES string of the molecule is CN[C@H](C(=O)NC(C(=O)N(C)[C@H](/C=C(\C)C(=O)NS(=O)(=O)c1ccc(CNC(=O)[C@H](CCCNC(N)=O)NC(=O)C(N)C(C)C)cc1)C(C)C)C(C)(C)C)C(C)(C)c1ccccc1. The molecule has 0 bridgehead atoms. The van der Waals surface area contributed by atoms with Crippen LogP contribution in [0.25, 0.3) is 0 Å². The van der Waals surface area contributed by atoms with E-state index in [9.17, 15) is 37.2 Å². The molecule has 0 radical (unpaired) electrons. The van der Waals surface area contributed by atoms with Gasteiger partial charge in [0.25, 0.3) is 15.9 Å². The number of nitrogens with one attached hydrogen (secondary N) is 6. The zero-order valence-electron chi connectivity index (χ0n) is 38.9. The molecule has 2 aromatic rings. The van der Waals surface area contributed by atoms with Gasteiger partial charge in [0.2, 0.25) is 23.6 Å². The van der Waals surface area contributed by atoms with Crippen LogP contribution in [-0.4, -0.2) is 99.7 Å². The lowest BCUT2D eigenvalue weighted by atomic mass is 9.76. The molecule has 0 spiro atoms. The Morgan fingerprint density at radius 2 is 1.38 bits per heavy atom. The van der Waals surface area contributed by atoms with Gasteiger partial charge in [0.1, 0.15) is 12.1 Å². The lowest BCUT2D eigenvalue weighted by molar-refractivity contribution is -0.140. The minimum Gasteiger partial charge on any atom is -0.352 e. The first-order valence-electron chi connectivity index (χ1n) is 21.2. The lowest BCUT2D eigenvalue weighted by Gasteiger charge is -2.40. The second-order valence-corrected chi connectivity index (χ2v) is 19.9. The number of rotatable bonds is 22. The fourth-order valence-electron chi connectivity index (χ4n) is 6.88. The highest BCUT2D eigenvalue weighted by molar-refractivity contribution is 7.90. The number of hydrogen-bond acceptors (Lipinski definition) is 10. The predicted molar refractivity (Wildman–Crippen MR) is 244 cm³/mol. The molecule has 0 saturated carbocycles. The maximum Gasteiger partial charge on any atom is 0.312 e. The van der Waals surface area contributed by atoms with E-state index in [1.807, 2.05) is 78.8 Å². The summed E-state index contributed by atoms with van der Waals surface area (Å²) in [6.45, 7) is 18.4. The Morgan fingerprint density at radius 3 is 1.89 bits per heavy atom. The van der Waals surface area contributed by atoms with E-state index in [-0.39, 0.29) is 53.6 Å². The number of nitrogens with two attached hydrogens (primary N) is 2. The molecule has 2 unspecified atom stereocenters. The summed E-state index contributed by atoms with van der Waals surface area (Å²) in [5.74, 6) is -3.05. The summed E-state index contributed by atoms with van der Waals surface area (Å²) in [7, 11) is -1.07. The fraction of sp³-hybridized carbons (Fsp3) is 0.556. The van der Waals surface area contributed by atoms with Gasteiger partial charge in [-0.05, 0) is 67.3 Å². The van der Waals surface area contributed by atoms with Crippen molar-refractivity contribution in [3.05, 3.63) is 77.4 Å². The van der Waals surface area contributed by atoms with E-state index in [1.54, 1.807) is 27.9 Å². The highest BCUT2D eigenvalue weighted by Crippen LogP contribution is 2.29. The van der Waals surface area contributed by atoms with E-state index < -0.39 is 74.8 Å². The van der Waals surface area contributed by atoms with Crippen LogP contribution in [0, 0.1) is 17.3 Å². The van der Waals surface area contributed by atoms with Gasteiger partial charge < -0.3 is 43.0 Å². The molecule has 350 valence electrons. The molecule has 2 rings (SSSR count). The van der Waals surface area contributed by atoms with E-state index in [2.05, 4.69) is 31.3 Å². The van der Waals surface area contributed by atoms with Crippen LogP contribution in [0.1, 0.15) is 93.2 Å². The molecule has 0 aromatic heterocycles. The third kappa shape index (κ3) is 15.8. The topological polar surface area (TPSA) is 264 Å². The van der Waals surface area contributed by atoms with Gasteiger partial charge >= 0.3 is 6.03 Å². The van der Waals surface area contributed by atoms with Crippen LogP contribution >= 0.6 is 0 Å². The molecule has 0 fully saturated rings. The van der Waals surface area contributed by atoms with E-state index in [0.717, 1.165) is 5.56 Å². The maximum atomic E-state index is 14.3. The van der Waals surface area contributed by atoms with Gasteiger partial charge in [-0.1, -0.05) is 111 Å². The molecule has 0 aliphatic carbocycles. The number of sulfonamides is 1. The van der Waals surface area contributed by atoms with Crippen LogP contribution in [0.5, 0.6) is 0 Å². The third-order valence-corrected chi connectivity index (χ3v) is 12.3. The van der Waals surface area contributed by atoms with Gasteiger partial charge in [0.15, 0.2) is 0 Å². The monoisotopic (exact) mass is 898 g/mol. The van der Waals surface area contributed by atoms with Crippen LogP contribution in [0.3, 0.4) is 0 Å². The highest BCUT2D eigenvalue weighted by atomic mass is 32.2. The molecular weight excluding hydrogens is 827 g/mol. The normalized spacial score (nSPS) is 14.7. The Labute approximate surface area is 373 Å². The number of carbonyl (C=O) groups is 6. The van der Waals surface area contributed by atoms with Gasteiger partial charge in [-0.15, -0.1) is 0 Å². The number of urea groups is 1. The zero-order chi connectivity index (χ0) is 48.0. The van der Waals surface area contributed by atoms with Crippen molar-refractivity contribution < 1.29 is 37.2 Å². The Hall–Kier alpha value is -5.33. The summed E-state index contributed by atoms with van der Waals surface area (Å²) in [4.78, 5) is 79.7. The van der Waals surface area contributed by atoms with Crippen LogP contribution in [0.4, 0.5) is 4.79 Å². The van der Waals surface area contributed by atoms with E-state index in [0.29, 0.717) is 12.0 Å². The number of carbonyl (C=O) groups excluding carboxylic acids is 6. The second kappa shape index (κ2) is 23.4. The van der Waals surface area contributed by atoms with Gasteiger partial charge in [-0.25, -0.2) is 17.9 Å². The largest absolute Gasteiger partial charge is 0.352 e. The molecular formula is C45H71N9O8S. The molecule has 18 heteroatoms. The molecule has 0 aliphatic rings. The van der Waals surface area contributed by atoms with Crippen molar-refractivity contribution in [3.63, 3.8) is 0 Å². The summed E-state index contributed by atoms with van der Waals surface area (Å²) in [5, 5.41) is 14.0. The lowest BCUT2D eigenvalue weighted by Crippen LogP contribution is -2.61.